The molecule has 2 N–H and O–H groups in total. The number of nitrogens with zero attached hydrogens (tertiary/aromatic N) is 1. The molecule has 0 radical (unpaired) electrons. The molecule has 122 valence electrons. The third-order valence-corrected chi connectivity index (χ3v) is 4.81. The first-order valence-electron chi connectivity index (χ1n) is 7.30. The maximum absolute atomic E-state index is 13.7. The smallest absolute Gasteiger partial charge is 0.339 e. The Labute approximate surface area is 141 Å². The zero-order chi connectivity index (χ0) is 16.6. The van der Waals surface area contributed by atoms with E-state index in [1.165, 1.54) is 12.3 Å². The van der Waals surface area contributed by atoms with Gasteiger partial charge in [-0.15, -0.1) is 0 Å². The second-order valence-corrected chi connectivity index (χ2v) is 6.50. The molecule has 7 heteroatoms. The van der Waals surface area contributed by atoms with Crippen molar-refractivity contribution < 1.29 is 19.0 Å². The molecule has 0 amide bonds. The van der Waals surface area contributed by atoms with Gasteiger partial charge in [0, 0.05) is 30.8 Å². The lowest BCUT2D eigenvalue weighted by Crippen LogP contribution is -2.19. The van der Waals surface area contributed by atoms with Gasteiger partial charge in [-0.05, 0) is 41.3 Å². The summed E-state index contributed by atoms with van der Waals surface area (Å²) < 4.78 is 19.3. The summed E-state index contributed by atoms with van der Waals surface area (Å²) in [4.78, 5) is 15.6. The fraction of sp³-hybridized carbons (Fsp3) is 0.375. The highest BCUT2D eigenvalue weighted by atomic mass is 79.9. The van der Waals surface area contributed by atoms with Crippen LogP contribution in [0.5, 0.6) is 0 Å². The third-order valence-electron chi connectivity index (χ3n) is 4.21. The molecule has 2 aromatic rings. The van der Waals surface area contributed by atoms with E-state index >= 15 is 0 Å². The van der Waals surface area contributed by atoms with Crippen molar-refractivity contribution >= 4 is 38.5 Å². The lowest BCUT2D eigenvalue weighted by molar-refractivity contribution is 0.0697. The van der Waals surface area contributed by atoms with Crippen molar-refractivity contribution in [3.63, 3.8) is 0 Å². The Morgan fingerprint density at radius 3 is 2.91 bits per heavy atom. The number of carbonyl (C=O) groups is 1. The monoisotopic (exact) mass is 382 g/mol. The first kappa shape index (κ1) is 16.1. The van der Waals surface area contributed by atoms with Gasteiger partial charge in [0.25, 0.3) is 0 Å². The van der Waals surface area contributed by atoms with Crippen LogP contribution in [0.15, 0.2) is 22.8 Å². The SMILES string of the molecule is CO[C@H]1CCC(Nc2c(C(=O)O)cnc3cc(F)c(Br)cc23)C1. The number of nitrogens with one attached hydrogen (secondary N) is 1. The molecule has 1 unspecified atom stereocenters. The Morgan fingerprint density at radius 1 is 1.48 bits per heavy atom. The zero-order valence-electron chi connectivity index (χ0n) is 12.5. The molecular formula is C16H16BrFN2O3. The molecule has 5 nitrogen and oxygen atoms in total. The molecule has 1 saturated carbocycles. The number of hydrogen-bond acceptors (Lipinski definition) is 4. The Hall–Kier alpha value is -1.73. The molecule has 0 aliphatic heterocycles. The van der Waals surface area contributed by atoms with Gasteiger partial charge in [0.05, 0.1) is 21.8 Å². The number of aromatic nitrogens is 1. The fourth-order valence-electron chi connectivity index (χ4n) is 2.99. The van der Waals surface area contributed by atoms with Crippen LogP contribution in [0, 0.1) is 5.82 Å². The molecule has 1 fully saturated rings. The number of fused-ring (bicyclic) bond motifs is 1. The van der Waals surface area contributed by atoms with Crippen LogP contribution < -0.4 is 5.32 Å². The average molecular weight is 383 g/mol. The van der Waals surface area contributed by atoms with Crippen LogP contribution in [-0.4, -0.2) is 35.3 Å². The number of halogens is 2. The van der Waals surface area contributed by atoms with Crippen molar-refractivity contribution in [1.82, 2.24) is 4.98 Å². The van der Waals surface area contributed by atoms with Gasteiger partial charge in [-0.2, -0.15) is 0 Å². The molecular weight excluding hydrogens is 367 g/mol. The first-order chi connectivity index (χ1) is 11.0. The fourth-order valence-corrected chi connectivity index (χ4v) is 3.34. The Morgan fingerprint density at radius 2 is 2.26 bits per heavy atom. The van der Waals surface area contributed by atoms with E-state index in [1.54, 1.807) is 13.2 Å². The average Bonchev–Trinajstić information content (AvgIpc) is 2.96. The van der Waals surface area contributed by atoms with Gasteiger partial charge in [0.15, 0.2) is 0 Å². The van der Waals surface area contributed by atoms with Crippen molar-refractivity contribution in [2.45, 2.75) is 31.4 Å². The molecule has 3 rings (SSSR count). The van der Waals surface area contributed by atoms with Gasteiger partial charge in [-0.25, -0.2) is 9.18 Å². The lowest BCUT2D eigenvalue weighted by atomic mass is 10.1. The van der Waals surface area contributed by atoms with Crippen LogP contribution in [0.2, 0.25) is 0 Å². The van der Waals surface area contributed by atoms with Crippen LogP contribution >= 0.6 is 15.9 Å². The predicted octanol–water partition coefficient (Wildman–Crippen LogP) is 3.81. The molecule has 0 bridgehead atoms. The Bertz CT molecular complexity index is 769. The number of pyridine rings is 1. The molecule has 1 aromatic heterocycles. The van der Waals surface area contributed by atoms with E-state index < -0.39 is 11.8 Å². The summed E-state index contributed by atoms with van der Waals surface area (Å²) in [6.07, 6.45) is 4.07. The third kappa shape index (κ3) is 3.16. The minimum absolute atomic E-state index is 0.0804. The summed E-state index contributed by atoms with van der Waals surface area (Å²) in [5.74, 6) is -1.50. The molecule has 1 aliphatic rings. The van der Waals surface area contributed by atoms with Crippen LogP contribution in [0.25, 0.3) is 10.9 Å². The maximum atomic E-state index is 13.7. The Kier molecular flexibility index (Phi) is 4.50. The minimum atomic E-state index is -1.07. The van der Waals surface area contributed by atoms with Gasteiger partial charge in [-0.3, -0.25) is 4.98 Å². The summed E-state index contributed by atoms with van der Waals surface area (Å²) in [5.41, 5.74) is 0.973. The molecule has 2 atom stereocenters. The number of methoxy groups -OCH3 is 1. The van der Waals surface area contributed by atoms with E-state index in [4.69, 9.17) is 4.74 Å². The van der Waals surface area contributed by atoms with Crippen LogP contribution in [-0.2, 0) is 4.74 Å². The van der Waals surface area contributed by atoms with Gasteiger partial charge in [-0.1, -0.05) is 0 Å². The van der Waals surface area contributed by atoms with Crippen LogP contribution in [0.4, 0.5) is 10.1 Å². The second-order valence-electron chi connectivity index (χ2n) is 5.65. The van der Waals surface area contributed by atoms with Gasteiger partial charge in [0.1, 0.15) is 11.4 Å². The number of carboxylic acid groups (broad SMARTS) is 1. The summed E-state index contributed by atoms with van der Waals surface area (Å²) >= 11 is 3.15. The van der Waals surface area contributed by atoms with E-state index in [-0.39, 0.29) is 22.2 Å². The highest BCUT2D eigenvalue weighted by Crippen LogP contribution is 2.33. The van der Waals surface area contributed by atoms with Crippen LogP contribution in [0.3, 0.4) is 0 Å². The normalized spacial score (nSPS) is 20.8. The minimum Gasteiger partial charge on any atom is -0.478 e. The standard InChI is InChI=1S/C16H16BrFN2O3/c1-23-9-3-2-8(4-9)20-15-10-5-12(17)13(18)6-14(10)19-7-11(15)16(21)22/h5-9H,2-4H2,1H3,(H,19,20)(H,21,22)/t8?,9-/m0/s1. The summed E-state index contributed by atoms with van der Waals surface area (Å²) in [5, 5.41) is 13.3. The molecule has 0 saturated heterocycles. The maximum Gasteiger partial charge on any atom is 0.339 e. The largest absolute Gasteiger partial charge is 0.478 e. The highest BCUT2D eigenvalue weighted by molar-refractivity contribution is 9.10. The van der Waals surface area contributed by atoms with Crippen molar-refractivity contribution in [3.05, 3.63) is 34.2 Å². The van der Waals surface area contributed by atoms with E-state index in [9.17, 15) is 14.3 Å². The second kappa shape index (κ2) is 6.41. The molecule has 1 aliphatic carbocycles. The number of aromatic carboxylic acids is 1. The first-order valence-corrected chi connectivity index (χ1v) is 8.09. The summed E-state index contributed by atoms with van der Waals surface area (Å²) in [6, 6.07) is 2.98. The number of rotatable bonds is 4. The van der Waals surface area contributed by atoms with Crippen LogP contribution in [0.1, 0.15) is 29.6 Å². The van der Waals surface area contributed by atoms with E-state index in [0.717, 1.165) is 19.3 Å². The van der Waals surface area contributed by atoms with Crippen molar-refractivity contribution in [3.8, 4) is 0 Å². The predicted molar refractivity (Wildman–Crippen MR) is 88.4 cm³/mol. The summed E-state index contributed by atoms with van der Waals surface area (Å²) in [6.45, 7) is 0. The number of carboxylic acids is 1. The quantitative estimate of drug-likeness (QED) is 0.840. The van der Waals surface area contributed by atoms with E-state index in [2.05, 4.69) is 26.2 Å². The van der Waals surface area contributed by atoms with Crippen molar-refractivity contribution in [2.24, 2.45) is 0 Å². The number of ether oxygens (including phenoxy) is 1. The van der Waals surface area contributed by atoms with Crippen molar-refractivity contribution in [2.75, 3.05) is 12.4 Å². The zero-order valence-corrected chi connectivity index (χ0v) is 14.1. The topological polar surface area (TPSA) is 71.5 Å². The summed E-state index contributed by atoms with van der Waals surface area (Å²) in [7, 11) is 1.68. The van der Waals surface area contributed by atoms with E-state index in [0.29, 0.717) is 16.6 Å². The molecule has 0 spiro atoms. The Balaban J connectivity index is 2.06. The van der Waals surface area contributed by atoms with Gasteiger partial charge in [0.2, 0.25) is 0 Å². The molecule has 1 heterocycles. The lowest BCUT2D eigenvalue weighted by Gasteiger charge is -2.18. The van der Waals surface area contributed by atoms with E-state index in [1.807, 2.05) is 0 Å². The van der Waals surface area contributed by atoms with Gasteiger partial charge >= 0.3 is 5.97 Å². The molecule has 1 aromatic carbocycles. The number of anilines is 1. The highest BCUT2D eigenvalue weighted by Gasteiger charge is 2.26. The van der Waals surface area contributed by atoms with Crippen molar-refractivity contribution in [1.29, 1.82) is 0 Å². The molecule has 23 heavy (non-hydrogen) atoms. The number of benzene rings is 1. The number of hydrogen-bond donors (Lipinski definition) is 2. The van der Waals surface area contributed by atoms with Gasteiger partial charge < -0.3 is 15.2 Å².